The van der Waals surface area contributed by atoms with Crippen molar-refractivity contribution in [2.45, 2.75) is 266 Å². The van der Waals surface area contributed by atoms with Crippen LogP contribution < -0.4 is 0 Å². The van der Waals surface area contributed by atoms with E-state index in [4.69, 9.17) is 61.6 Å². The summed E-state index contributed by atoms with van der Waals surface area (Å²) in [4.78, 5) is 12.3. The molecule has 0 radical (unpaired) electrons. The van der Waals surface area contributed by atoms with Crippen LogP contribution in [0.2, 0.25) is 0 Å². The molecule has 0 bridgehead atoms. The Morgan fingerprint density at radius 2 is 1.35 bits per heavy atom. The monoisotopic (exact) mass is 1020 g/mol. The minimum atomic E-state index is -2.13. The summed E-state index contributed by atoms with van der Waals surface area (Å²) in [7, 11) is 4.88. The third kappa shape index (κ3) is 11.0. The highest BCUT2D eigenvalue weighted by Crippen LogP contribution is 2.55. The van der Waals surface area contributed by atoms with Crippen molar-refractivity contribution < 1.29 is 91.9 Å². The molecule has 5 N–H and O–H groups in total. The Hall–Kier alpha value is -1.21. The second-order valence-corrected chi connectivity index (χ2v) is 23.4. The van der Waals surface area contributed by atoms with Crippen LogP contribution in [-0.2, 0) is 66.4 Å². The molecule has 0 saturated carbocycles. The molecule has 19 heteroatoms. The Bertz CT molecular complexity index is 1800. The smallest absolute Gasteiger partial charge is 0.308 e. The first-order chi connectivity index (χ1) is 33.4. The lowest BCUT2D eigenvalue weighted by Crippen LogP contribution is -2.66. The molecule has 410 valence electrons. The van der Waals surface area contributed by atoms with E-state index in [1.54, 1.807) is 28.3 Å². The van der Waals surface area contributed by atoms with Crippen LogP contribution in [0.25, 0.3) is 0 Å². The van der Waals surface area contributed by atoms with E-state index in [-0.39, 0.29) is 42.7 Å². The standard InChI is InChI=1S/C52H88O19/c1-26-21-27(2)52(58,25-53)69-42(26)36-22-37(64-40-15-13-34(59-10)31(6)62-40)47(65-36)49(9)18-17-38(67-49)48(8)19-20-50(71-48)23-33(54)28(3)43(68-50)29(4)44-46(61-12)45(30(5)51(57,70-44)24-39(55)56)66-41-16-14-35(60-11)32(7)63-41/h26-38,40-47,53-54,57-58H,13-25H2,1-12H3,(H,55,56)/t26-,27-,28-,29-,30-,31-,32-,33+,34+,35+,36+,37+,38-,40+,41+,42-,43-,44+,45-,46-,47-,48-,49+,50+,51+,52+/m1/s1. The number of carbonyl (C=O) groups is 1. The highest BCUT2D eigenvalue weighted by atomic mass is 16.7. The zero-order valence-electron chi connectivity index (χ0n) is 44.3. The first-order valence-electron chi connectivity index (χ1n) is 26.7. The summed E-state index contributed by atoms with van der Waals surface area (Å²) in [6.45, 7) is 17.0. The lowest BCUT2D eigenvalue weighted by atomic mass is 9.75. The van der Waals surface area contributed by atoms with Crippen LogP contribution >= 0.6 is 0 Å². The average molecular weight is 1020 g/mol. The molecule has 0 aromatic heterocycles. The van der Waals surface area contributed by atoms with Crippen LogP contribution in [0.1, 0.15) is 139 Å². The average Bonchev–Trinajstić information content (AvgIpc) is 4.03. The van der Waals surface area contributed by atoms with Gasteiger partial charge in [-0.1, -0.05) is 34.6 Å². The van der Waals surface area contributed by atoms with Crippen molar-refractivity contribution in [3.05, 3.63) is 0 Å². The number of aliphatic hydroxyl groups excluding tert-OH is 2. The van der Waals surface area contributed by atoms with Gasteiger partial charge in [0.2, 0.25) is 0 Å². The number of aliphatic hydroxyl groups is 4. The molecular formula is C52H88O19. The van der Waals surface area contributed by atoms with Crippen molar-refractivity contribution in [2.75, 3.05) is 27.9 Å². The van der Waals surface area contributed by atoms with Crippen molar-refractivity contribution in [1.82, 2.24) is 0 Å². The number of carboxylic acid groups (broad SMARTS) is 1. The zero-order chi connectivity index (χ0) is 51.6. The van der Waals surface area contributed by atoms with E-state index in [2.05, 4.69) is 13.8 Å². The molecule has 8 saturated heterocycles. The van der Waals surface area contributed by atoms with Crippen molar-refractivity contribution in [2.24, 2.45) is 29.6 Å². The molecule has 0 aliphatic carbocycles. The fourth-order valence-corrected chi connectivity index (χ4v) is 13.8. The van der Waals surface area contributed by atoms with Crippen LogP contribution in [0.4, 0.5) is 0 Å². The molecule has 0 unspecified atom stereocenters. The van der Waals surface area contributed by atoms with Crippen molar-refractivity contribution in [3.63, 3.8) is 0 Å². The van der Waals surface area contributed by atoms with Crippen LogP contribution in [0.15, 0.2) is 0 Å². The molecule has 19 nitrogen and oxygen atoms in total. The SMILES string of the molecule is CO[C@@H]1[C@H]([C@H](C)[C@@H]2O[C@]3(CC[C@](C)([C@H]4CC[C@@](C)([C@@H]5O[C@H]([C@@H]6O[C@@](O)(CO)[C@H](C)C[C@H]6C)C[C@@H]5O[C@H]5CC[C@H](OC)[C@@H](C)O5)O4)O3)C[C@H](O)[C@H]2C)O[C@@](O)(CC(=O)O)[C@H](C)[C@H]1O[C@H]1CC[C@H](OC)[C@@H](C)O1. The summed E-state index contributed by atoms with van der Waals surface area (Å²) in [5.74, 6) is -8.31. The maximum Gasteiger partial charge on any atom is 0.308 e. The van der Waals surface area contributed by atoms with E-state index >= 15 is 0 Å². The molecular weight excluding hydrogens is 929 g/mol. The number of methoxy groups -OCH3 is 3. The second-order valence-electron chi connectivity index (χ2n) is 23.4. The normalized spacial score (nSPS) is 53.3. The predicted molar refractivity (Wildman–Crippen MR) is 251 cm³/mol. The number of aliphatic carboxylic acids is 1. The maximum atomic E-state index is 12.3. The van der Waals surface area contributed by atoms with Gasteiger partial charge in [0.05, 0.1) is 97.5 Å². The summed E-state index contributed by atoms with van der Waals surface area (Å²) in [5, 5.41) is 55.6. The van der Waals surface area contributed by atoms with Crippen molar-refractivity contribution in [3.8, 4) is 0 Å². The third-order valence-electron chi connectivity index (χ3n) is 18.4. The van der Waals surface area contributed by atoms with E-state index in [0.29, 0.717) is 57.8 Å². The fourth-order valence-electron chi connectivity index (χ4n) is 13.8. The molecule has 0 aromatic rings. The Kier molecular flexibility index (Phi) is 17.1. The summed E-state index contributed by atoms with van der Waals surface area (Å²) in [6.07, 6.45) is -2.52. The maximum absolute atomic E-state index is 12.3. The molecule has 8 fully saturated rings. The van der Waals surface area contributed by atoms with Gasteiger partial charge < -0.3 is 87.1 Å². The van der Waals surface area contributed by atoms with E-state index in [0.717, 1.165) is 6.42 Å². The van der Waals surface area contributed by atoms with Crippen LogP contribution in [0, 0.1) is 29.6 Å². The van der Waals surface area contributed by atoms with Gasteiger partial charge >= 0.3 is 5.97 Å². The summed E-state index contributed by atoms with van der Waals surface area (Å²) in [6, 6.07) is 0. The van der Waals surface area contributed by atoms with Gasteiger partial charge in [-0.2, -0.15) is 0 Å². The number of carboxylic acids is 1. The van der Waals surface area contributed by atoms with Gasteiger partial charge in [-0.3, -0.25) is 4.79 Å². The molecule has 71 heavy (non-hydrogen) atoms. The Balaban J connectivity index is 0.993. The van der Waals surface area contributed by atoms with E-state index in [9.17, 15) is 30.3 Å². The molecule has 8 aliphatic rings. The van der Waals surface area contributed by atoms with Gasteiger partial charge in [-0.15, -0.1) is 0 Å². The van der Waals surface area contributed by atoms with Gasteiger partial charge in [-0.25, -0.2) is 0 Å². The largest absolute Gasteiger partial charge is 0.481 e. The number of hydrogen-bond donors (Lipinski definition) is 5. The Morgan fingerprint density at radius 3 is 1.94 bits per heavy atom. The minimum Gasteiger partial charge on any atom is -0.481 e. The summed E-state index contributed by atoms with van der Waals surface area (Å²) in [5.41, 5.74) is -1.67. The van der Waals surface area contributed by atoms with E-state index < -0.39 is 139 Å². The summed E-state index contributed by atoms with van der Waals surface area (Å²) < 4.78 is 84.7. The molecule has 0 amide bonds. The number of hydrogen-bond acceptors (Lipinski definition) is 18. The highest BCUT2D eigenvalue weighted by Gasteiger charge is 2.64. The molecule has 26 atom stereocenters. The second kappa shape index (κ2) is 21.7. The Morgan fingerprint density at radius 1 is 0.704 bits per heavy atom. The van der Waals surface area contributed by atoms with Crippen LogP contribution in [0.3, 0.4) is 0 Å². The molecule has 8 heterocycles. The van der Waals surface area contributed by atoms with Crippen LogP contribution in [0.5, 0.6) is 0 Å². The molecule has 8 aliphatic heterocycles. The molecule has 8 rings (SSSR count). The lowest BCUT2D eigenvalue weighted by molar-refractivity contribution is -0.377. The van der Waals surface area contributed by atoms with Crippen LogP contribution in [-0.4, -0.2) is 186 Å². The first kappa shape index (κ1) is 56.0. The van der Waals surface area contributed by atoms with E-state index in [1.165, 1.54) is 0 Å². The fraction of sp³-hybridized carbons (Fsp3) is 0.981. The van der Waals surface area contributed by atoms with Gasteiger partial charge in [0.15, 0.2) is 29.9 Å². The number of ether oxygens (including phenoxy) is 13. The first-order valence-corrected chi connectivity index (χ1v) is 26.7. The van der Waals surface area contributed by atoms with Gasteiger partial charge in [0.25, 0.3) is 0 Å². The van der Waals surface area contributed by atoms with Crippen molar-refractivity contribution in [1.29, 1.82) is 0 Å². The zero-order valence-corrected chi connectivity index (χ0v) is 44.3. The minimum absolute atomic E-state index is 0.0331. The quantitative estimate of drug-likeness (QED) is 0.151. The molecule has 0 aromatic carbocycles. The highest BCUT2D eigenvalue weighted by molar-refractivity contribution is 5.68. The van der Waals surface area contributed by atoms with Crippen molar-refractivity contribution >= 4 is 5.97 Å². The lowest BCUT2D eigenvalue weighted by Gasteiger charge is -2.54. The van der Waals surface area contributed by atoms with E-state index in [1.807, 2.05) is 41.5 Å². The number of rotatable bonds is 15. The van der Waals surface area contributed by atoms with Gasteiger partial charge in [0.1, 0.15) is 12.2 Å². The topological polar surface area (TPSA) is 238 Å². The van der Waals surface area contributed by atoms with Gasteiger partial charge in [0, 0.05) is 77.1 Å². The molecule has 1 spiro atoms. The summed E-state index contributed by atoms with van der Waals surface area (Å²) >= 11 is 0. The third-order valence-corrected chi connectivity index (χ3v) is 18.4. The Labute approximate surface area is 420 Å². The predicted octanol–water partition coefficient (Wildman–Crippen LogP) is 4.57. The van der Waals surface area contributed by atoms with Gasteiger partial charge in [-0.05, 0) is 72.1 Å².